The lowest BCUT2D eigenvalue weighted by molar-refractivity contribution is -0.143. The summed E-state index contributed by atoms with van der Waals surface area (Å²) in [5.41, 5.74) is -3.90. The molecule has 0 saturated carbocycles. The van der Waals surface area contributed by atoms with Crippen molar-refractivity contribution in [3.8, 4) is 11.5 Å². The number of amides is 1. The van der Waals surface area contributed by atoms with Crippen LogP contribution in [0.4, 0.5) is 26.3 Å². The van der Waals surface area contributed by atoms with Gasteiger partial charge in [0, 0.05) is 12.1 Å². The van der Waals surface area contributed by atoms with Crippen LogP contribution >= 0.6 is 0 Å². The summed E-state index contributed by atoms with van der Waals surface area (Å²) in [5.74, 6) is -1.16. The van der Waals surface area contributed by atoms with Crippen LogP contribution < -0.4 is 8.92 Å². The molecule has 0 aliphatic rings. The number of rotatable bonds is 8. The van der Waals surface area contributed by atoms with Gasteiger partial charge in [-0.25, -0.2) is 0 Å². The summed E-state index contributed by atoms with van der Waals surface area (Å²) in [4.78, 5) is 14.2. The first-order chi connectivity index (χ1) is 17.1. The largest absolute Gasteiger partial charge is 0.493 e. The number of nitrogens with zero attached hydrogens (tertiary/aromatic N) is 1. The molecule has 2 aromatic carbocycles. The third-order valence-electron chi connectivity index (χ3n) is 4.89. The van der Waals surface area contributed by atoms with Gasteiger partial charge in [-0.15, -0.1) is 0 Å². The van der Waals surface area contributed by atoms with Crippen molar-refractivity contribution >= 4 is 16.0 Å². The fourth-order valence-corrected chi connectivity index (χ4v) is 3.78. The number of furan rings is 1. The van der Waals surface area contributed by atoms with Crippen molar-refractivity contribution in [2.75, 3.05) is 13.4 Å². The monoisotopic (exact) mass is 551 g/mol. The second kappa shape index (κ2) is 10.4. The number of halogens is 6. The lowest BCUT2D eigenvalue weighted by Crippen LogP contribution is -2.30. The molecule has 0 N–H and O–H groups in total. The summed E-state index contributed by atoms with van der Waals surface area (Å²) >= 11 is 0. The maximum Gasteiger partial charge on any atom is 0.416 e. The fourth-order valence-electron chi connectivity index (χ4n) is 3.32. The van der Waals surface area contributed by atoms with Gasteiger partial charge in [-0.1, -0.05) is 6.07 Å². The Kier molecular flexibility index (Phi) is 7.81. The molecular formula is C23H19F6NO6S. The zero-order valence-electron chi connectivity index (χ0n) is 19.2. The standard InChI is InChI=1S/C23H19F6NO6S/c1-34-19-6-5-14(8-20(19)36-37(2,32)33)12-30(13-18-4-3-7-35-18)21(31)15-9-16(22(24,25)26)11-17(10-15)23(27,28)29/h3-11H,12-13H2,1-2H3. The van der Waals surface area contributed by atoms with Gasteiger partial charge in [0.2, 0.25) is 0 Å². The number of ether oxygens (including phenoxy) is 1. The molecule has 37 heavy (non-hydrogen) atoms. The highest BCUT2D eigenvalue weighted by atomic mass is 32.2. The SMILES string of the molecule is COc1ccc(CN(Cc2ccco2)C(=O)c2cc(C(F)(F)F)cc(C(F)(F)F)c2)cc1OS(C)(=O)=O. The van der Waals surface area contributed by atoms with Gasteiger partial charge in [0.15, 0.2) is 11.5 Å². The molecule has 1 aromatic heterocycles. The Balaban J connectivity index is 2.06. The average molecular weight is 551 g/mol. The summed E-state index contributed by atoms with van der Waals surface area (Å²) < 4.78 is 118. The Hall–Kier alpha value is -3.68. The molecular weight excluding hydrogens is 532 g/mol. The number of carbonyl (C=O) groups excluding carboxylic acids is 1. The predicted octanol–water partition coefficient (Wildman–Crippen LogP) is 5.51. The van der Waals surface area contributed by atoms with Crippen LogP contribution in [-0.2, 0) is 35.6 Å². The first kappa shape index (κ1) is 27.9. The van der Waals surface area contributed by atoms with E-state index in [0.29, 0.717) is 12.1 Å². The third kappa shape index (κ3) is 7.41. The Bertz CT molecular complexity index is 1340. The second-order valence-corrected chi connectivity index (χ2v) is 9.38. The van der Waals surface area contributed by atoms with Crippen molar-refractivity contribution in [3.63, 3.8) is 0 Å². The van der Waals surface area contributed by atoms with Crippen LogP contribution in [0.15, 0.2) is 59.2 Å². The molecule has 0 aliphatic carbocycles. The van der Waals surface area contributed by atoms with E-state index >= 15 is 0 Å². The smallest absolute Gasteiger partial charge is 0.416 e. The van der Waals surface area contributed by atoms with Crippen molar-refractivity contribution < 1.29 is 52.9 Å². The molecule has 0 spiro atoms. The summed E-state index contributed by atoms with van der Waals surface area (Å²) in [6, 6.07) is 7.50. The van der Waals surface area contributed by atoms with Crippen LogP contribution in [0.25, 0.3) is 0 Å². The Morgan fingerprint density at radius 2 is 1.54 bits per heavy atom. The molecule has 0 aliphatic heterocycles. The number of hydrogen-bond donors (Lipinski definition) is 0. The lowest BCUT2D eigenvalue weighted by atomic mass is 10.0. The van der Waals surface area contributed by atoms with E-state index in [0.717, 1.165) is 11.2 Å². The number of carbonyl (C=O) groups is 1. The quantitative estimate of drug-likeness (QED) is 0.271. The van der Waals surface area contributed by atoms with Gasteiger partial charge in [-0.2, -0.15) is 34.8 Å². The van der Waals surface area contributed by atoms with Crippen molar-refractivity contribution in [2.45, 2.75) is 25.4 Å². The number of benzene rings is 2. The highest BCUT2D eigenvalue weighted by molar-refractivity contribution is 7.86. The Labute approximate surface area is 207 Å². The maximum absolute atomic E-state index is 13.3. The molecule has 0 atom stereocenters. The molecule has 3 aromatic rings. The molecule has 0 unspecified atom stereocenters. The molecule has 1 amide bonds. The van der Waals surface area contributed by atoms with E-state index in [2.05, 4.69) is 0 Å². The van der Waals surface area contributed by atoms with E-state index in [-0.39, 0.29) is 42.0 Å². The molecule has 7 nitrogen and oxygen atoms in total. The topological polar surface area (TPSA) is 86.0 Å². The van der Waals surface area contributed by atoms with E-state index in [1.54, 1.807) is 0 Å². The zero-order valence-corrected chi connectivity index (χ0v) is 20.0. The number of hydrogen-bond acceptors (Lipinski definition) is 6. The zero-order chi connectivity index (χ0) is 27.6. The van der Waals surface area contributed by atoms with Crippen molar-refractivity contribution in [3.05, 3.63) is 82.8 Å². The molecule has 200 valence electrons. The first-order valence-electron chi connectivity index (χ1n) is 10.2. The summed E-state index contributed by atoms with van der Waals surface area (Å²) in [6.45, 7) is -0.682. The van der Waals surface area contributed by atoms with Gasteiger partial charge in [0.05, 0.1) is 37.3 Å². The molecule has 0 fully saturated rings. The van der Waals surface area contributed by atoms with Crippen LogP contribution in [0.3, 0.4) is 0 Å². The molecule has 14 heteroatoms. The van der Waals surface area contributed by atoms with Crippen LogP contribution in [0.1, 0.15) is 32.8 Å². The van der Waals surface area contributed by atoms with E-state index in [4.69, 9.17) is 13.3 Å². The van der Waals surface area contributed by atoms with Gasteiger partial charge in [-0.3, -0.25) is 4.79 Å². The van der Waals surface area contributed by atoms with Crippen LogP contribution in [-0.4, -0.2) is 32.6 Å². The number of methoxy groups -OCH3 is 1. The normalized spacial score (nSPS) is 12.3. The van der Waals surface area contributed by atoms with E-state index in [1.807, 2.05) is 0 Å². The summed E-state index contributed by atoms with van der Waals surface area (Å²) in [5, 5.41) is 0. The molecule has 1 heterocycles. The minimum absolute atomic E-state index is 0.0331. The first-order valence-corrected chi connectivity index (χ1v) is 12.1. The third-order valence-corrected chi connectivity index (χ3v) is 5.37. The van der Waals surface area contributed by atoms with Crippen molar-refractivity contribution in [2.24, 2.45) is 0 Å². The highest BCUT2D eigenvalue weighted by Crippen LogP contribution is 2.37. The lowest BCUT2D eigenvalue weighted by Gasteiger charge is -2.23. The van der Waals surface area contributed by atoms with Gasteiger partial charge in [0.25, 0.3) is 5.91 Å². The fraction of sp³-hybridized carbons (Fsp3) is 0.261. The Morgan fingerprint density at radius 1 is 0.919 bits per heavy atom. The second-order valence-electron chi connectivity index (χ2n) is 7.81. The summed E-state index contributed by atoms with van der Waals surface area (Å²) in [7, 11) is -2.73. The van der Waals surface area contributed by atoms with Gasteiger partial charge >= 0.3 is 22.5 Å². The highest BCUT2D eigenvalue weighted by Gasteiger charge is 2.38. The minimum Gasteiger partial charge on any atom is -0.493 e. The van der Waals surface area contributed by atoms with Crippen LogP contribution in [0.2, 0.25) is 0 Å². The molecule has 0 bridgehead atoms. The summed E-state index contributed by atoms with van der Waals surface area (Å²) in [6.07, 6.45) is -8.22. The van der Waals surface area contributed by atoms with Crippen LogP contribution in [0.5, 0.6) is 11.5 Å². The van der Waals surface area contributed by atoms with E-state index in [1.165, 1.54) is 43.7 Å². The van der Waals surface area contributed by atoms with Crippen LogP contribution in [0, 0.1) is 0 Å². The van der Waals surface area contributed by atoms with E-state index < -0.39 is 45.1 Å². The van der Waals surface area contributed by atoms with E-state index in [9.17, 15) is 39.6 Å². The molecule has 3 rings (SSSR count). The van der Waals surface area contributed by atoms with Crippen molar-refractivity contribution in [1.82, 2.24) is 4.90 Å². The average Bonchev–Trinajstić information content (AvgIpc) is 3.29. The molecule has 0 radical (unpaired) electrons. The van der Waals surface area contributed by atoms with Gasteiger partial charge in [0.1, 0.15) is 5.76 Å². The predicted molar refractivity (Wildman–Crippen MR) is 117 cm³/mol. The van der Waals surface area contributed by atoms with Gasteiger partial charge < -0.3 is 18.2 Å². The number of alkyl halides is 6. The maximum atomic E-state index is 13.3. The molecule has 0 saturated heterocycles. The van der Waals surface area contributed by atoms with Crippen molar-refractivity contribution in [1.29, 1.82) is 0 Å². The Morgan fingerprint density at radius 3 is 2.03 bits per heavy atom. The minimum atomic E-state index is -5.14. The van der Waals surface area contributed by atoms with Gasteiger partial charge in [-0.05, 0) is 48.0 Å².